The van der Waals surface area contributed by atoms with Gasteiger partial charge in [-0.3, -0.25) is 0 Å². The van der Waals surface area contributed by atoms with Gasteiger partial charge in [0.25, 0.3) is 0 Å². The second kappa shape index (κ2) is 25.1. The summed E-state index contributed by atoms with van der Waals surface area (Å²) >= 11 is 0. The third-order valence-corrected chi connectivity index (χ3v) is 2.64. The number of hydrogen-bond donors (Lipinski definition) is 0. The molecule has 0 atom stereocenters. The third-order valence-electron chi connectivity index (χ3n) is 2.64. The topological polar surface area (TPSA) is 23.8 Å². The van der Waals surface area contributed by atoms with Gasteiger partial charge in [0.05, 0.1) is 6.07 Å². The predicted octanol–water partition coefficient (Wildman–Crippen LogP) is 7.28. The number of allylic oxidation sites excluding steroid dienone is 2. The molecule has 1 aliphatic rings. The van der Waals surface area contributed by atoms with Gasteiger partial charge in [0.15, 0.2) is 0 Å². The van der Waals surface area contributed by atoms with Crippen LogP contribution in [0.3, 0.4) is 0 Å². The van der Waals surface area contributed by atoms with Gasteiger partial charge in [0, 0.05) is 28.0 Å². The third kappa shape index (κ3) is 32.5. The van der Waals surface area contributed by atoms with Crippen molar-refractivity contribution >= 4 is 7.25 Å². The van der Waals surface area contributed by atoms with Crippen LogP contribution in [0.2, 0.25) is 0 Å². The van der Waals surface area contributed by atoms with Crippen LogP contribution < -0.4 is 0 Å². The van der Waals surface area contributed by atoms with Gasteiger partial charge in [0.2, 0.25) is 0 Å². The van der Waals surface area contributed by atoms with Gasteiger partial charge >= 0.3 is 7.25 Å². The Labute approximate surface area is 205 Å². The van der Waals surface area contributed by atoms with Crippen LogP contribution in [-0.2, 0) is 21.1 Å². The van der Waals surface area contributed by atoms with Crippen molar-refractivity contribution in [3.63, 3.8) is 0 Å². The summed E-state index contributed by atoms with van der Waals surface area (Å²) in [7, 11) is -6.00. The van der Waals surface area contributed by atoms with Crippen molar-refractivity contribution in [1.29, 1.82) is 5.26 Å². The van der Waals surface area contributed by atoms with Gasteiger partial charge < -0.3 is 17.3 Å². The number of halogens is 4. The van der Waals surface area contributed by atoms with Gasteiger partial charge in [-0.2, -0.15) is 5.26 Å². The first-order valence-electron chi connectivity index (χ1n) is 9.08. The van der Waals surface area contributed by atoms with Gasteiger partial charge in [-0.15, -0.1) is 0 Å². The van der Waals surface area contributed by atoms with E-state index in [-0.39, 0.29) is 21.1 Å². The zero-order valence-corrected chi connectivity index (χ0v) is 20.1. The number of nitrogens with zero attached hydrogens (tertiary/aromatic N) is 1. The van der Waals surface area contributed by atoms with Crippen LogP contribution in [0.1, 0.15) is 31.9 Å². The molecule has 0 unspecified atom stereocenters. The summed E-state index contributed by atoms with van der Waals surface area (Å²) in [6.45, 7) is 5.11. The van der Waals surface area contributed by atoms with Gasteiger partial charge in [0.1, 0.15) is 0 Å². The molecule has 1 saturated carbocycles. The van der Waals surface area contributed by atoms with E-state index in [1.54, 1.807) is 6.07 Å². The van der Waals surface area contributed by atoms with Crippen LogP contribution >= 0.6 is 0 Å². The molecule has 0 amide bonds. The Bertz CT molecular complexity index is 662. The summed E-state index contributed by atoms with van der Waals surface area (Å²) in [6, 6.07) is 21.7. The Morgan fingerprint density at radius 1 is 0.594 bits per heavy atom. The number of nitriles is 1. The van der Waals surface area contributed by atoms with Crippen LogP contribution in [0, 0.1) is 67.7 Å². The average molecular weight is 521 g/mol. The van der Waals surface area contributed by atoms with Crippen molar-refractivity contribution in [2.24, 2.45) is 0 Å². The van der Waals surface area contributed by atoms with Crippen LogP contribution in [-0.4, -0.2) is 7.25 Å². The molecule has 0 heterocycles. The molecule has 1 aliphatic carbocycles. The summed E-state index contributed by atoms with van der Waals surface area (Å²) in [4.78, 5) is 0. The Hall–Kier alpha value is -2.12. The minimum absolute atomic E-state index is 0. The first kappa shape index (κ1) is 34.5. The molecule has 7 heteroatoms. The van der Waals surface area contributed by atoms with Crippen LogP contribution in [0.15, 0.2) is 60.7 Å². The smallest absolute Gasteiger partial charge is 0.418 e. The van der Waals surface area contributed by atoms with Crippen molar-refractivity contribution in [2.75, 3.05) is 0 Å². The van der Waals surface area contributed by atoms with Crippen molar-refractivity contribution in [3.05, 3.63) is 128 Å². The van der Waals surface area contributed by atoms with E-state index in [1.807, 2.05) is 107 Å². The van der Waals surface area contributed by atoms with Crippen molar-refractivity contribution in [3.8, 4) is 6.07 Å². The summed E-state index contributed by atoms with van der Waals surface area (Å²) in [6.07, 6.45) is 21.6. The Kier molecular flexibility index (Phi) is 27.1. The van der Waals surface area contributed by atoms with E-state index >= 15 is 0 Å². The maximum absolute atomic E-state index is 9.75. The average Bonchev–Trinajstić information content (AvgIpc) is 3.30. The number of hydrogen-bond acceptors (Lipinski definition) is 1. The Balaban J connectivity index is -0.000000344. The van der Waals surface area contributed by atoms with Gasteiger partial charge in [-0.1, -0.05) is 60.7 Å². The van der Waals surface area contributed by atoms with Crippen LogP contribution in [0.4, 0.5) is 17.3 Å². The summed E-state index contributed by atoms with van der Waals surface area (Å²) in [5, 5.41) is 7.32. The molecule has 9 radical (unpaired) electrons. The molecule has 2 aromatic rings. The molecular weight excluding hydrogens is 497 g/mol. The molecule has 32 heavy (non-hydrogen) atoms. The van der Waals surface area contributed by atoms with E-state index in [0.717, 1.165) is 11.1 Å². The molecule has 0 N–H and O–H groups in total. The fourth-order valence-electron chi connectivity index (χ4n) is 1.65. The fraction of sp³-hybridized carbons (Fsp3) is 0.120. The molecule has 1 fully saturated rings. The van der Waals surface area contributed by atoms with Gasteiger partial charge in [-0.05, 0) is 81.4 Å². The van der Waals surface area contributed by atoms with Crippen molar-refractivity contribution in [2.45, 2.75) is 20.8 Å². The van der Waals surface area contributed by atoms with E-state index in [2.05, 4.69) is 24.3 Å². The number of rotatable bonds is 2. The van der Waals surface area contributed by atoms with E-state index in [1.165, 1.54) is 6.92 Å². The second-order valence-corrected chi connectivity index (χ2v) is 5.16. The fourth-order valence-corrected chi connectivity index (χ4v) is 1.65. The van der Waals surface area contributed by atoms with Crippen LogP contribution in [0.5, 0.6) is 0 Å². The minimum atomic E-state index is -6.00. The van der Waals surface area contributed by atoms with E-state index in [4.69, 9.17) is 5.26 Å². The summed E-state index contributed by atoms with van der Waals surface area (Å²) in [5.74, 6) is 0. The molecule has 2 aromatic carbocycles. The molecule has 0 bridgehead atoms. The van der Waals surface area contributed by atoms with E-state index in [9.17, 15) is 17.3 Å². The Morgan fingerprint density at radius 3 is 1.00 bits per heavy atom. The maximum atomic E-state index is 9.75. The largest absolute Gasteiger partial charge is 0.673 e. The molecular formula is C25H24BF4MoN-. The molecule has 167 valence electrons. The first-order valence-corrected chi connectivity index (χ1v) is 9.08. The van der Waals surface area contributed by atoms with Crippen molar-refractivity contribution < 1.29 is 38.3 Å². The van der Waals surface area contributed by atoms with E-state index in [0.29, 0.717) is 0 Å². The maximum Gasteiger partial charge on any atom is 0.673 e. The normalized spacial score (nSPS) is 11.7. The second-order valence-electron chi connectivity index (χ2n) is 5.16. The molecule has 0 aromatic heterocycles. The first-order chi connectivity index (χ1) is 14.8. The zero-order valence-electron chi connectivity index (χ0n) is 18.1. The Morgan fingerprint density at radius 2 is 0.812 bits per heavy atom. The van der Waals surface area contributed by atoms with Gasteiger partial charge in [-0.25, -0.2) is 0 Å². The summed E-state index contributed by atoms with van der Waals surface area (Å²) < 4.78 is 39.0. The van der Waals surface area contributed by atoms with Crippen LogP contribution in [0.25, 0.3) is 0 Å². The molecule has 0 aliphatic heterocycles. The van der Waals surface area contributed by atoms with E-state index < -0.39 is 7.25 Å². The van der Waals surface area contributed by atoms with Crippen molar-refractivity contribution in [1.82, 2.24) is 0 Å². The number of benzene rings is 2. The zero-order chi connectivity index (χ0) is 23.8. The molecule has 0 saturated heterocycles. The monoisotopic (exact) mass is 523 g/mol. The quantitative estimate of drug-likeness (QED) is 0.301. The minimum Gasteiger partial charge on any atom is -0.418 e. The molecule has 1 nitrogen and oxygen atoms in total. The molecule has 0 spiro atoms. The SMILES string of the molecule is CC#N.C[C]=[C]c1ccccc1.C[C]=[C]c1ccccc1.F[B-](F)(F)F.[CH]1[CH][CH][CH][CH]1.[Mo]. The predicted molar refractivity (Wildman–Crippen MR) is 118 cm³/mol. The molecule has 3 rings (SSSR count). The standard InChI is InChI=1S/2C9H8.C5H5.C2H3N.BF4.Mo/c2*1-2-6-9-7-4-3-5-8-9;1-2-4-5-3-1;1-2-3;2-1(3,4)5;/h2*3-5,7-8H,1H3;1-5H;1H3;;/q;;;;-1;. The summed E-state index contributed by atoms with van der Waals surface area (Å²) in [5.41, 5.74) is 2.17.